The van der Waals surface area contributed by atoms with Crippen molar-refractivity contribution in [2.75, 3.05) is 7.05 Å². The van der Waals surface area contributed by atoms with E-state index in [9.17, 15) is 14.0 Å². The molecule has 0 saturated carbocycles. The van der Waals surface area contributed by atoms with Crippen LogP contribution in [0.25, 0.3) is 6.08 Å². The van der Waals surface area contributed by atoms with Crippen molar-refractivity contribution in [3.05, 3.63) is 71.3 Å². The van der Waals surface area contributed by atoms with Gasteiger partial charge in [0.1, 0.15) is 5.82 Å². The topological polar surface area (TPSA) is 71.1 Å². The molecule has 1 atom stereocenters. The van der Waals surface area contributed by atoms with E-state index < -0.39 is 0 Å². The molecule has 2 N–H and O–H groups in total. The molecule has 0 aliphatic carbocycles. The Bertz CT molecular complexity index is 790. The summed E-state index contributed by atoms with van der Waals surface area (Å²) < 4.78 is 13.6. The lowest BCUT2D eigenvalue weighted by Gasteiger charge is -2.13. The normalized spacial score (nSPS) is 12.0. The van der Waals surface area contributed by atoms with E-state index in [-0.39, 0.29) is 23.7 Å². The van der Waals surface area contributed by atoms with Crippen molar-refractivity contribution in [1.82, 2.24) is 15.6 Å². The summed E-state index contributed by atoms with van der Waals surface area (Å²) in [5.74, 6) is -0.823. The van der Waals surface area contributed by atoms with Crippen LogP contribution < -0.4 is 10.6 Å². The standard InChI is InChI=1S/C19H20FN3O2/c1-13(9-15-5-3-4-6-17(15)20)23-18(24)8-7-14-10-16(12-22-11-14)19(25)21-2/h3-8,10-13H,9H2,1-2H3,(H,21,25)(H,23,24). The summed E-state index contributed by atoms with van der Waals surface area (Å²) in [6.07, 6.45) is 6.35. The number of carbonyl (C=O) groups is 2. The highest BCUT2D eigenvalue weighted by Gasteiger charge is 2.09. The predicted molar refractivity (Wildman–Crippen MR) is 94.4 cm³/mol. The summed E-state index contributed by atoms with van der Waals surface area (Å²) in [5, 5.41) is 5.30. The van der Waals surface area contributed by atoms with Gasteiger partial charge in [0.15, 0.2) is 0 Å². The molecular formula is C19H20FN3O2. The Morgan fingerprint density at radius 1 is 1.28 bits per heavy atom. The first-order chi connectivity index (χ1) is 12.0. The van der Waals surface area contributed by atoms with Crippen LogP contribution in [-0.4, -0.2) is 29.9 Å². The highest BCUT2D eigenvalue weighted by molar-refractivity contribution is 5.95. The summed E-state index contributed by atoms with van der Waals surface area (Å²) in [6, 6.07) is 7.91. The molecular weight excluding hydrogens is 321 g/mol. The van der Waals surface area contributed by atoms with Crippen LogP contribution in [0.3, 0.4) is 0 Å². The molecule has 0 bridgehead atoms. The third kappa shape index (κ3) is 5.53. The lowest BCUT2D eigenvalue weighted by Crippen LogP contribution is -2.32. The molecule has 2 amide bonds. The van der Waals surface area contributed by atoms with E-state index in [1.165, 1.54) is 25.4 Å². The molecule has 6 heteroatoms. The Hall–Kier alpha value is -3.02. The summed E-state index contributed by atoms with van der Waals surface area (Å²) in [6.45, 7) is 1.81. The van der Waals surface area contributed by atoms with E-state index in [1.54, 1.807) is 36.5 Å². The van der Waals surface area contributed by atoms with Crippen LogP contribution >= 0.6 is 0 Å². The minimum atomic E-state index is -0.297. The smallest absolute Gasteiger partial charge is 0.252 e. The zero-order chi connectivity index (χ0) is 18.2. The SMILES string of the molecule is CNC(=O)c1cncc(C=CC(=O)NC(C)Cc2ccccc2F)c1. The molecule has 1 aromatic carbocycles. The Balaban J connectivity index is 1.94. The first kappa shape index (κ1) is 18.3. The second-order valence-electron chi connectivity index (χ2n) is 5.62. The number of nitrogens with zero attached hydrogens (tertiary/aromatic N) is 1. The molecule has 130 valence electrons. The quantitative estimate of drug-likeness (QED) is 0.792. The Morgan fingerprint density at radius 2 is 2.04 bits per heavy atom. The maximum absolute atomic E-state index is 13.6. The number of rotatable bonds is 6. The summed E-state index contributed by atoms with van der Waals surface area (Å²) in [7, 11) is 1.54. The average molecular weight is 341 g/mol. The third-order valence-electron chi connectivity index (χ3n) is 3.55. The fourth-order valence-corrected chi connectivity index (χ4v) is 2.33. The zero-order valence-electron chi connectivity index (χ0n) is 14.1. The largest absolute Gasteiger partial charge is 0.355 e. The maximum Gasteiger partial charge on any atom is 0.252 e. The lowest BCUT2D eigenvalue weighted by atomic mass is 10.1. The van der Waals surface area contributed by atoms with Crippen molar-refractivity contribution in [3.8, 4) is 0 Å². The molecule has 0 spiro atoms. The molecule has 0 aliphatic rings. The van der Waals surface area contributed by atoms with E-state index in [1.807, 2.05) is 6.92 Å². The Kier molecular flexibility index (Phi) is 6.39. The molecule has 1 heterocycles. The van der Waals surface area contributed by atoms with Crippen LogP contribution in [0.1, 0.15) is 28.4 Å². The van der Waals surface area contributed by atoms with Gasteiger partial charge in [-0.05, 0) is 42.7 Å². The first-order valence-electron chi connectivity index (χ1n) is 7.88. The van der Waals surface area contributed by atoms with Crippen molar-refractivity contribution in [3.63, 3.8) is 0 Å². The van der Waals surface area contributed by atoms with Crippen molar-refractivity contribution < 1.29 is 14.0 Å². The maximum atomic E-state index is 13.6. The Labute approximate surface area is 146 Å². The van der Waals surface area contributed by atoms with Gasteiger partial charge in [-0.2, -0.15) is 0 Å². The van der Waals surface area contributed by atoms with Gasteiger partial charge in [0.2, 0.25) is 5.91 Å². The number of pyridine rings is 1. The van der Waals surface area contributed by atoms with Gasteiger partial charge in [0.25, 0.3) is 5.91 Å². The molecule has 0 saturated heterocycles. The molecule has 1 aromatic heterocycles. The minimum absolute atomic E-state index is 0.218. The van der Waals surface area contributed by atoms with E-state index in [0.717, 1.165) is 0 Å². The van der Waals surface area contributed by atoms with E-state index in [2.05, 4.69) is 15.6 Å². The van der Waals surface area contributed by atoms with Gasteiger partial charge < -0.3 is 10.6 Å². The van der Waals surface area contributed by atoms with Gasteiger partial charge in [-0.25, -0.2) is 4.39 Å². The number of carbonyl (C=O) groups excluding carboxylic acids is 2. The van der Waals surface area contributed by atoms with Crippen molar-refractivity contribution in [2.24, 2.45) is 0 Å². The summed E-state index contributed by atoms with van der Waals surface area (Å²) in [4.78, 5) is 27.5. The van der Waals surface area contributed by atoms with Crippen LogP contribution in [0, 0.1) is 5.82 Å². The number of benzene rings is 1. The van der Waals surface area contributed by atoms with E-state index >= 15 is 0 Å². The number of aromatic nitrogens is 1. The molecule has 2 rings (SSSR count). The van der Waals surface area contributed by atoms with Crippen molar-refractivity contribution >= 4 is 17.9 Å². The number of halogens is 1. The second kappa shape index (κ2) is 8.73. The van der Waals surface area contributed by atoms with Gasteiger partial charge in [-0.1, -0.05) is 18.2 Å². The minimum Gasteiger partial charge on any atom is -0.355 e. The molecule has 2 aromatic rings. The van der Waals surface area contributed by atoms with Crippen LogP contribution in [0.2, 0.25) is 0 Å². The van der Waals surface area contributed by atoms with Crippen LogP contribution in [0.5, 0.6) is 0 Å². The fourth-order valence-electron chi connectivity index (χ4n) is 2.33. The average Bonchev–Trinajstić information content (AvgIpc) is 2.61. The van der Waals surface area contributed by atoms with Crippen LogP contribution in [-0.2, 0) is 11.2 Å². The van der Waals surface area contributed by atoms with Gasteiger partial charge in [-0.15, -0.1) is 0 Å². The van der Waals surface area contributed by atoms with E-state index in [0.29, 0.717) is 23.1 Å². The monoisotopic (exact) mass is 341 g/mol. The Morgan fingerprint density at radius 3 is 2.76 bits per heavy atom. The third-order valence-corrected chi connectivity index (χ3v) is 3.55. The number of hydrogen-bond acceptors (Lipinski definition) is 3. The van der Waals surface area contributed by atoms with Crippen molar-refractivity contribution in [1.29, 1.82) is 0 Å². The van der Waals surface area contributed by atoms with Gasteiger partial charge in [-0.3, -0.25) is 14.6 Å². The molecule has 0 radical (unpaired) electrons. The molecule has 5 nitrogen and oxygen atoms in total. The fraction of sp³-hybridized carbons (Fsp3) is 0.211. The first-order valence-corrected chi connectivity index (χ1v) is 7.88. The number of nitrogens with one attached hydrogen (secondary N) is 2. The van der Waals surface area contributed by atoms with Crippen LogP contribution in [0.15, 0.2) is 48.8 Å². The zero-order valence-corrected chi connectivity index (χ0v) is 14.1. The number of amides is 2. The van der Waals surface area contributed by atoms with Gasteiger partial charge in [0.05, 0.1) is 5.56 Å². The van der Waals surface area contributed by atoms with Gasteiger partial charge in [0, 0.05) is 31.6 Å². The highest BCUT2D eigenvalue weighted by atomic mass is 19.1. The molecule has 0 fully saturated rings. The number of hydrogen-bond donors (Lipinski definition) is 2. The van der Waals surface area contributed by atoms with Gasteiger partial charge >= 0.3 is 0 Å². The molecule has 25 heavy (non-hydrogen) atoms. The lowest BCUT2D eigenvalue weighted by molar-refractivity contribution is -0.117. The predicted octanol–water partition coefficient (Wildman–Crippen LogP) is 2.34. The molecule has 1 unspecified atom stereocenters. The summed E-state index contributed by atoms with van der Waals surface area (Å²) in [5.41, 5.74) is 1.61. The van der Waals surface area contributed by atoms with Crippen molar-refractivity contribution in [2.45, 2.75) is 19.4 Å². The highest BCUT2D eigenvalue weighted by Crippen LogP contribution is 2.09. The van der Waals surface area contributed by atoms with E-state index in [4.69, 9.17) is 0 Å². The summed E-state index contributed by atoms with van der Waals surface area (Å²) >= 11 is 0. The van der Waals surface area contributed by atoms with Crippen LogP contribution in [0.4, 0.5) is 4.39 Å². The second-order valence-corrected chi connectivity index (χ2v) is 5.62. The molecule has 0 aliphatic heterocycles.